The molecular formula is C16H13N3O4S2. The van der Waals surface area contributed by atoms with Gasteiger partial charge in [-0.3, -0.25) is 14.2 Å². The highest BCUT2D eigenvalue weighted by Gasteiger charge is 2.13. The highest BCUT2D eigenvalue weighted by Crippen LogP contribution is 2.35. The third kappa shape index (κ3) is 3.95. The van der Waals surface area contributed by atoms with Crippen molar-refractivity contribution < 1.29 is 20.1 Å². The molecule has 2 aromatic carbocycles. The molecule has 1 aromatic heterocycles. The number of aromatic nitrogens is 1. The fourth-order valence-electron chi connectivity index (χ4n) is 1.97. The van der Waals surface area contributed by atoms with Crippen LogP contribution >= 0.6 is 23.5 Å². The van der Waals surface area contributed by atoms with Crippen LogP contribution in [-0.4, -0.2) is 26.2 Å². The van der Waals surface area contributed by atoms with E-state index in [2.05, 4.69) is 14.4 Å². The van der Waals surface area contributed by atoms with Crippen molar-refractivity contribution in [2.75, 3.05) is 4.72 Å². The predicted molar refractivity (Wildman–Crippen MR) is 97.7 cm³/mol. The summed E-state index contributed by atoms with van der Waals surface area (Å²) < 4.78 is 5.39. The smallest absolute Gasteiger partial charge is 0.262 e. The van der Waals surface area contributed by atoms with Crippen LogP contribution in [0.25, 0.3) is 11.3 Å². The minimum Gasteiger partial charge on any atom is -0.504 e. The number of rotatable bonds is 5. The number of benzene rings is 2. The second-order valence-corrected chi connectivity index (χ2v) is 6.37. The normalized spacial score (nSPS) is 10.4. The SMILES string of the molecule is O=C(NSNc1nc(-c2ccccc2)cs1)c1cc(O)c(O)c(O)c1. The quantitative estimate of drug-likeness (QED) is 0.343. The number of carbonyl (C=O) groups is 1. The van der Waals surface area contributed by atoms with Crippen molar-refractivity contribution in [2.45, 2.75) is 0 Å². The summed E-state index contributed by atoms with van der Waals surface area (Å²) in [4.78, 5) is 16.4. The second-order valence-electron chi connectivity index (χ2n) is 4.90. The zero-order valence-electron chi connectivity index (χ0n) is 12.6. The van der Waals surface area contributed by atoms with E-state index in [0.717, 1.165) is 35.5 Å². The van der Waals surface area contributed by atoms with Gasteiger partial charge in [0.1, 0.15) is 0 Å². The first-order valence-electron chi connectivity index (χ1n) is 7.02. The Morgan fingerprint density at radius 2 is 1.76 bits per heavy atom. The molecule has 0 aliphatic heterocycles. The minimum atomic E-state index is -0.668. The molecule has 1 amide bonds. The van der Waals surface area contributed by atoms with Crippen molar-refractivity contribution in [1.82, 2.24) is 9.71 Å². The maximum absolute atomic E-state index is 12.0. The van der Waals surface area contributed by atoms with Crippen LogP contribution in [0.15, 0.2) is 47.8 Å². The summed E-state index contributed by atoms with van der Waals surface area (Å²) in [7, 11) is 0. The zero-order chi connectivity index (χ0) is 17.8. The van der Waals surface area contributed by atoms with Crippen molar-refractivity contribution in [3.05, 3.63) is 53.4 Å². The van der Waals surface area contributed by atoms with Gasteiger partial charge in [-0.15, -0.1) is 11.3 Å². The number of nitrogens with zero attached hydrogens (tertiary/aromatic N) is 1. The molecule has 9 heteroatoms. The lowest BCUT2D eigenvalue weighted by molar-refractivity contribution is 0.0983. The molecule has 0 radical (unpaired) electrons. The molecule has 0 aliphatic rings. The van der Waals surface area contributed by atoms with E-state index >= 15 is 0 Å². The first-order valence-corrected chi connectivity index (χ1v) is 8.72. The minimum absolute atomic E-state index is 0.00575. The first-order chi connectivity index (χ1) is 12.0. The molecule has 0 saturated carbocycles. The van der Waals surface area contributed by atoms with Gasteiger partial charge in [0.05, 0.1) is 17.8 Å². The van der Waals surface area contributed by atoms with E-state index < -0.39 is 23.2 Å². The molecule has 3 rings (SSSR count). The van der Waals surface area contributed by atoms with Crippen molar-refractivity contribution in [1.29, 1.82) is 0 Å². The predicted octanol–water partition coefficient (Wildman–Crippen LogP) is 3.33. The van der Waals surface area contributed by atoms with Crippen LogP contribution < -0.4 is 9.44 Å². The summed E-state index contributed by atoms with van der Waals surface area (Å²) in [6, 6.07) is 11.8. The molecule has 0 atom stereocenters. The standard InChI is InChI=1S/C16H13N3O4S2/c20-12-6-10(7-13(21)14(12)22)15(23)18-25-19-16-17-11(8-24-16)9-4-2-1-3-5-9/h1-8,20-22H,(H,17,19)(H,18,23). The Morgan fingerprint density at radius 3 is 2.44 bits per heavy atom. The Kier molecular flexibility index (Phi) is 4.96. The van der Waals surface area contributed by atoms with E-state index in [1.807, 2.05) is 35.7 Å². The maximum Gasteiger partial charge on any atom is 0.262 e. The molecule has 0 bridgehead atoms. The number of hydrogen-bond donors (Lipinski definition) is 5. The molecule has 0 unspecified atom stereocenters. The first kappa shape index (κ1) is 16.9. The summed E-state index contributed by atoms with van der Waals surface area (Å²) in [6.07, 6.45) is 0. The van der Waals surface area contributed by atoms with E-state index in [0.29, 0.717) is 5.13 Å². The lowest BCUT2D eigenvalue weighted by atomic mass is 10.2. The van der Waals surface area contributed by atoms with Crippen LogP contribution in [0.4, 0.5) is 5.13 Å². The van der Waals surface area contributed by atoms with Gasteiger partial charge in [0, 0.05) is 16.5 Å². The average Bonchev–Trinajstić information content (AvgIpc) is 3.09. The molecule has 0 aliphatic carbocycles. The molecule has 1 heterocycles. The topological polar surface area (TPSA) is 115 Å². The lowest BCUT2D eigenvalue weighted by Gasteiger charge is -2.06. The number of phenols is 3. The summed E-state index contributed by atoms with van der Waals surface area (Å²) in [5, 5.41) is 30.6. The van der Waals surface area contributed by atoms with Crippen LogP contribution in [0.5, 0.6) is 17.2 Å². The molecular weight excluding hydrogens is 362 g/mol. The van der Waals surface area contributed by atoms with Crippen molar-refractivity contribution >= 4 is 34.5 Å². The van der Waals surface area contributed by atoms with Crippen LogP contribution in [-0.2, 0) is 0 Å². The van der Waals surface area contributed by atoms with Gasteiger partial charge in [-0.2, -0.15) is 0 Å². The molecule has 5 N–H and O–H groups in total. The Bertz CT molecular complexity index is 876. The second kappa shape index (κ2) is 7.32. The van der Waals surface area contributed by atoms with Gasteiger partial charge in [0.2, 0.25) is 0 Å². The summed E-state index contributed by atoms with van der Waals surface area (Å²) in [5.41, 5.74) is 1.83. The highest BCUT2D eigenvalue weighted by molar-refractivity contribution is 7.99. The molecule has 25 heavy (non-hydrogen) atoms. The van der Waals surface area contributed by atoms with Crippen LogP contribution in [0.3, 0.4) is 0 Å². The number of amides is 1. The molecule has 7 nitrogen and oxygen atoms in total. The monoisotopic (exact) mass is 375 g/mol. The lowest BCUT2D eigenvalue weighted by Crippen LogP contribution is -2.17. The third-order valence-corrected chi connectivity index (χ3v) is 4.66. The highest BCUT2D eigenvalue weighted by atomic mass is 32.2. The average molecular weight is 375 g/mol. The number of aromatic hydroxyl groups is 3. The van der Waals surface area contributed by atoms with E-state index in [1.54, 1.807) is 0 Å². The Balaban J connectivity index is 1.58. The molecule has 0 fully saturated rings. The van der Waals surface area contributed by atoms with Gasteiger partial charge in [0.25, 0.3) is 5.91 Å². The Hall–Kier alpha value is -2.91. The van der Waals surface area contributed by atoms with Gasteiger partial charge in [-0.25, -0.2) is 4.98 Å². The van der Waals surface area contributed by atoms with E-state index in [-0.39, 0.29) is 5.56 Å². The van der Waals surface area contributed by atoms with Crippen LogP contribution in [0.2, 0.25) is 0 Å². The third-order valence-electron chi connectivity index (χ3n) is 3.19. The molecule has 0 saturated heterocycles. The number of phenolic OH excluding ortho intramolecular Hbond substituents is 3. The zero-order valence-corrected chi connectivity index (χ0v) is 14.3. The van der Waals surface area contributed by atoms with Gasteiger partial charge < -0.3 is 15.3 Å². The number of nitrogens with one attached hydrogen (secondary N) is 2. The van der Waals surface area contributed by atoms with Gasteiger partial charge in [-0.05, 0) is 12.1 Å². The van der Waals surface area contributed by atoms with Gasteiger partial charge >= 0.3 is 0 Å². The fourth-order valence-corrected chi connectivity index (χ4v) is 3.25. The van der Waals surface area contributed by atoms with E-state index in [1.165, 1.54) is 11.3 Å². The van der Waals surface area contributed by atoms with Crippen LogP contribution in [0.1, 0.15) is 10.4 Å². The van der Waals surface area contributed by atoms with Crippen molar-refractivity contribution in [3.63, 3.8) is 0 Å². The van der Waals surface area contributed by atoms with Crippen molar-refractivity contribution in [2.24, 2.45) is 0 Å². The Labute approximate surface area is 151 Å². The number of hydrogen-bond acceptors (Lipinski definition) is 8. The van der Waals surface area contributed by atoms with E-state index in [9.17, 15) is 20.1 Å². The maximum atomic E-state index is 12.0. The van der Waals surface area contributed by atoms with Gasteiger partial charge in [0.15, 0.2) is 22.4 Å². The Morgan fingerprint density at radius 1 is 1.08 bits per heavy atom. The van der Waals surface area contributed by atoms with E-state index in [4.69, 9.17) is 0 Å². The summed E-state index contributed by atoms with van der Waals surface area (Å²) >= 11 is 2.30. The molecule has 3 aromatic rings. The fraction of sp³-hybridized carbons (Fsp3) is 0. The number of thiazole rings is 1. The number of carbonyl (C=O) groups excluding carboxylic acids is 1. The van der Waals surface area contributed by atoms with Crippen LogP contribution in [0, 0.1) is 0 Å². The van der Waals surface area contributed by atoms with Crippen molar-refractivity contribution in [3.8, 4) is 28.5 Å². The molecule has 128 valence electrons. The summed E-state index contributed by atoms with van der Waals surface area (Å²) in [5.74, 6) is -2.37. The molecule has 0 spiro atoms. The number of anilines is 1. The largest absolute Gasteiger partial charge is 0.504 e. The van der Waals surface area contributed by atoms with Gasteiger partial charge in [-0.1, -0.05) is 30.3 Å². The summed E-state index contributed by atoms with van der Waals surface area (Å²) in [6.45, 7) is 0.